The highest BCUT2D eigenvalue weighted by atomic mass is 16.3. The van der Waals surface area contributed by atoms with E-state index in [4.69, 9.17) is 4.42 Å². The third-order valence-corrected chi connectivity index (χ3v) is 9.75. The fraction of sp³-hybridized carbons (Fsp3) is 0.308. The fourth-order valence-electron chi connectivity index (χ4n) is 6.93. The van der Waals surface area contributed by atoms with Gasteiger partial charge in [-0.2, -0.15) is 4.57 Å². The molecule has 6 aromatic rings. The van der Waals surface area contributed by atoms with Gasteiger partial charge in [0.05, 0.1) is 5.56 Å². The quantitative estimate of drug-likeness (QED) is 0.188. The summed E-state index contributed by atoms with van der Waals surface area (Å²) in [5.41, 5.74) is 11.0. The summed E-state index contributed by atoms with van der Waals surface area (Å²) in [6.07, 6.45) is 5.84. The summed E-state index contributed by atoms with van der Waals surface area (Å²) in [4.78, 5) is 0. The van der Waals surface area contributed by atoms with E-state index in [1.807, 2.05) is 6.07 Å². The molecule has 7 rings (SSSR count). The Hall–Kier alpha value is -4.11. The lowest BCUT2D eigenvalue weighted by atomic mass is 9.87. The van der Waals surface area contributed by atoms with Crippen molar-refractivity contribution < 1.29 is 8.98 Å². The summed E-state index contributed by atoms with van der Waals surface area (Å²) in [6.45, 7) is 16.3. The third-order valence-electron chi connectivity index (χ3n) is 9.75. The molecule has 3 nitrogen and oxygen atoms in total. The van der Waals surface area contributed by atoms with Crippen molar-refractivity contribution in [3.63, 3.8) is 0 Å². The van der Waals surface area contributed by atoms with E-state index in [1.54, 1.807) is 0 Å². The second kappa shape index (κ2) is 9.73. The number of hydrogen-bond acceptors (Lipinski definition) is 1. The van der Waals surface area contributed by atoms with Crippen LogP contribution in [0.4, 0.5) is 0 Å². The largest absolute Gasteiger partial charge is 0.455 e. The van der Waals surface area contributed by atoms with Crippen LogP contribution in [0.3, 0.4) is 0 Å². The minimum atomic E-state index is 0.135. The number of nitrogens with zero attached hydrogens (tertiary/aromatic N) is 2. The maximum atomic E-state index is 6.49. The smallest absolute Gasteiger partial charge is 0.294 e. The lowest BCUT2D eigenvalue weighted by Crippen LogP contribution is -2.46. The number of aryl methyl sites for hydroxylation is 1. The normalized spacial score (nSPS) is 18.5. The van der Waals surface area contributed by atoms with Crippen LogP contribution < -0.4 is 4.57 Å². The summed E-state index contributed by atoms with van der Waals surface area (Å²) in [6, 6.07) is 28.6. The molecular weight excluding hydrogens is 512 g/mol. The van der Waals surface area contributed by atoms with E-state index in [9.17, 15) is 0 Å². The molecule has 0 bridgehead atoms. The summed E-state index contributed by atoms with van der Waals surface area (Å²) in [5, 5.41) is 2.34. The van der Waals surface area contributed by atoms with Crippen LogP contribution in [-0.2, 0) is 5.54 Å². The fourth-order valence-corrected chi connectivity index (χ4v) is 6.93. The van der Waals surface area contributed by atoms with Crippen LogP contribution in [0.1, 0.15) is 76.5 Å². The number of aromatic nitrogens is 2. The molecule has 2 aromatic heterocycles. The number of furan rings is 1. The second-order valence-electron chi connectivity index (χ2n) is 13.2. The second-order valence-corrected chi connectivity index (χ2v) is 13.2. The van der Waals surface area contributed by atoms with Crippen LogP contribution in [0.2, 0.25) is 0 Å². The monoisotopic (exact) mass is 553 g/mol. The number of rotatable bonds is 6. The van der Waals surface area contributed by atoms with Gasteiger partial charge >= 0.3 is 0 Å². The molecule has 4 aromatic carbocycles. The highest BCUT2D eigenvalue weighted by Crippen LogP contribution is 2.47. The van der Waals surface area contributed by atoms with Crippen molar-refractivity contribution in [1.29, 1.82) is 0 Å². The predicted octanol–water partition coefficient (Wildman–Crippen LogP) is 10.3. The molecule has 1 unspecified atom stereocenters. The first-order valence-electron chi connectivity index (χ1n) is 15.5. The summed E-state index contributed by atoms with van der Waals surface area (Å²) in [5.74, 6) is 2.60. The topological polar surface area (TPSA) is 21.9 Å². The van der Waals surface area contributed by atoms with Crippen LogP contribution in [0, 0.1) is 12.8 Å². The van der Waals surface area contributed by atoms with Crippen molar-refractivity contribution in [2.45, 2.75) is 72.3 Å². The molecule has 3 heteroatoms. The van der Waals surface area contributed by atoms with Crippen molar-refractivity contribution in [1.82, 2.24) is 4.57 Å². The molecule has 2 heterocycles. The van der Waals surface area contributed by atoms with Crippen molar-refractivity contribution >= 4 is 21.9 Å². The van der Waals surface area contributed by atoms with E-state index < -0.39 is 0 Å². The summed E-state index contributed by atoms with van der Waals surface area (Å²) in [7, 11) is 0. The van der Waals surface area contributed by atoms with Crippen LogP contribution in [-0.4, -0.2) is 4.57 Å². The van der Waals surface area contributed by atoms with Gasteiger partial charge in [-0.25, -0.2) is 4.57 Å². The zero-order valence-corrected chi connectivity index (χ0v) is 25.9. The number of para-hydroxylation sites is 2. The zero-order valence-electron chi connectivity index (χ0n) is 25.9. The van der Waals surface area contributed by atoms with Crippen LogP contribution in [0.15, 0.2) is 95.7 Å². The Balaban J connectivity index is 1.52. The maximum Gasteiger partial charge on any atom is 0.294 e. The van der Waals surface area contributed by atoms with Gasteiger partial charge in [-0.15, -0.1) is 0 Å². The SMILES string of the molecule is Cc1ccccc1-c1n(-c2c(C(C)C)cc(-c3cccc4c3oc3ccccc34)cc2C(C)C)cc[n+]1C1(C)C[C@H]1C. The van der Waals surface area contributed by atoms with Crippen LogP contribution in [0.5, 0.6) is 0 Å². The average Bonchev–Trinajstić information content (AvgIpc) is 3.30. The number of benzene rings is 4. The van der Waals surface area contributed by atoms with Crippen molar-refractivity contribution in [2.24, 2.45) is 5.92 Å². The molecule has 1 aliphatic carbocycles. The van der Waals surface area contributed by atoms with Gasteiger partial charge < -0.3 is 4.42 Å². The van der Waals surface area contributed by atoms with E-state index in [0.29, 0.717) is 17.8 Å². The third kappa shape index (κ3) is 4.05. The van der Waals surface area contributed by atoms with Gasteiger partial charge in [0.25, 0.3) is 5.82 Å². The highest BCUT2D eigenvalue weighted by Gasteiger charge is 2.54. The molecule has 1 aliphatic rings. The summed E-state index contributed by atoms with van der Waals surface area (Å²) < 4.78 is 11.5. The Bertz CT molecular complexity index is 1940. The van der Waals surface area contributed by atoms with E-state index in [-0.39, 0.29) is 5.54 Å². The maximum absolute atomic E-state index is 6.49. The first-order chi connectivity index (χ1) is 20.2. The molecule has 1 saturated carbocycles. The lowest BCUT2D eigenvalue weighted by Gasteiger charge is -2.21. The summed E-state index contributed by atoms with van der Waals surface area (Å²) >= 11 is 0. The molecule has 0 aliphatic heterocycles. The van der Waals surface area contributed by atoms with Gasteiger partial charge in [0, 0.05) is 33.4 Å². The molecule has 0 spiro atoms. The average molecular weight is 554 g/mol. The molecule has 2 atom stereocenters. The van der Waals surface area contributed by atoms with Gasteiger partial charge in [0.1, 0.15) is 34.8 Å². The van der Waals surface area contributed by atoms with E-state index in [1.165, 1.54) is 56.5 Å². The zero-order chi connectivity index (χ0) is 29.3. The number of imidazole rings is 1. The minimum absolute atomic E-state index is 0.135. The lowest BCUT2D eigenvalue weighted by molar-refractivity contribution is -0.727. The van der Waals surface area contributed by atoms with Crippen LogP contribution >= 0.6 is 0 Å². The van der Waals surface area contributed by atoms with Crippen molar-refractivity contribution in [2.75, 3.05) is 0 Å². The predicted molar refractivity (Wildman–Crippen MR) is 174 cm³/mol. The molecule has 1 fully saturated rings. The molecule has 0 radical (unpaired) electrons. The minimum Gasteiger partial charge on any atom is -0.455 e. The first kappa shape index (κ1) is 26.8. The highest BCUT2D eigenvalue weighted by molar-refractivity contribution is 6.09. The molecular formula is C39H41N2O+. The van der Waals surface area contributed by atoms with Crippen LogP contribution in [0.25, 0.3) is 50.1 Å². The van der Waals surface area contributed by atoms with Gasteiger partial charge in [0.2, 0.25) is 0 Å². The van der Waals surface area contributed by atoms with Gasteiger partial charge in [-0.1, -0.05) is 89.2 Å². The first-order valence-corrected chi connectivity index (χ1v) is 15.5. The Morgan fingerprint density at radius 3 is 2.12 bits per heavy atom. The van der Waals surface area contributed by atoms with Gasteiger partial charge in [-0.05, 0) is 67.5 Å². The molecule has 0 amide bonds. The van der Waals surface area contributed by atoms with Crippen molar-refractivity contribution in [3.05, 3.63) is 108 Å². The number of fused-ring (bicyclic) bond motifs is 3. The standard InChI is InChI=1S/C39H41N2O/c1-24(2)33-21-28(30-16-12-17-32-31-15-10-11-18-35(31)42-37(30)32)22-34(25(3)4)36(33)40-19-20-41(39(7)23-27(39)6)38(40)29-14-9-8-13-26(29)5/h8-22,24-25,27H,23H2,1-7H3/q+1/t27-,39?/m1/s1. The number of hydrogen-bond donors (Lipinski definition) is 0. The molecule has 42 heavy (non-hydrogen) atoms. The Morgan fingerprint density at radius 1 is 0.833 bits per heavy atom. The Labute approximate surface area is 249 Å². The van der Waals surface area contributed by atoms with E-state index in [0.717, 1.165) is 16.7 Å². The van der Waals surface area contributed by atoms with E-state index in [2.05, 4.69) is 143 Å². The Kier molecular flexibility index (Phi) is 6.20. The van der Waals surface area contributed by atoms with E-state index >= 15 is 0 Å². The molecule has 212 valence electrons. The Morgan fingerprint density at radius 2 is 1.45 bits per heavy atom. The van der Waals surface area contributed by atoms with Crippen molar-refractivity contribution in [3.8, 4) is 28.2 Å². The molecule has 0 saturated heterocycles. The van der Waals surface area contributed by atoms with Gasteiger partial charge in [-0.3, -0.25) is 0 Å². The van der Waals surface area contributed by atoms with Gasteiger partial charge in [0.15, 0.2) is 0 Å². The molecule has 0 N–H and O–H groups in total.